The lowest BCUT2D eigenvalue weighted by atomic mass is 10.1. The van der Waals surface area contributed by atoms with E-state index in [-0.39, 0.29) is 29.2 Å². The lowest BCUT2D eigenvalue weighted by molar-refractivity contribution is 0.276. The number of benzene rings is 1. The highest BCUT2D eigenvalue weighted by Gasteiger charge is 2.12. The van der Waals surface area contributed by atoms with Crippen LogP contribution in [0.2, 0.25) is 0 Å². The Hall–Kier alpha value is -0.520. The molecule has 2 nitrogen and oxygen atoms in total. The largest absolute Gasteiger partial charge is 0.396 e. The monoisotopic (exact) mass is 307 g/mol. The molecule has 0 saturated carbocycles. The number of rotatable bonds is 6. The highest BCUT2D eigenvalue weighted by Crippen LogP contribution is 2.21. The van der Waals surface area contributed by atoms with E-state index in [0.29, 0.717) is 6.42 Å². The minimum atomic E-state index is -0.563. The molecule has 1 unspecified atom stereocenters. The van der Waals surface area contributed by atoms with Crippen LogP contribution in [0.4, 0.5) is 8.78 Å². The molecule has 5 heteroatoms. The third-order valence-corrected chi connectivity index (χ3v) is 3.17. The van der Waals surface area contributed by atoms with Crippen LogP contribution in [-0.4, -0.2) is 17.8 Å². The molecular weight excluding hydrogens is 292 g/mol. The Kier molecular flexibility index (Phi) is 6.02. The van der Waals surface area contributed by atoms with Gasteiger partial charge in [0.2, 0.25) is 0 Å². The van der Waals surface area contributed by atoms with Gasteiger partial charge in [-0.2, -0.15) is 0 Å². The molecule has 0 radical (unpaired) electrons. The first-order valence-electron chi connectivity index (χ1n) is 5.53. The molecule has 1 aromatic rings. The number of hydrogen-bond donors (Lipinski definition) is 2. The van der Waals surface area contributed by atoms with Crippen LogP contribution in [0.25, 0.3) is 0 Å². The molecule has 0 saturated heterocycles. The van der Waals surface area contributed by atoms with Gasteiger partial charge < -0.3 is 10.4 Å². The summed E-state index contributed by atoms with van der Waals surface area (Å²) in [5, 5.41) is 11.7. The van der Waals surface area contributed by atoms with Gasteiger partial charge in [0.1, 0.15) is 11.6 Å². The summed E-state index contributed by atoms with van der Waals surface area (Å²) in [7, 11) is 0. The molecule has 0 fully saturated rings. The Morgan fingerprint density at radius 3 is 2.76 bits per heavy atom. The van der Waals surface area contributed by atoms with Gasteiger partial charge in [0.25, 0.3) is 0 Å². The summed E-state index contributed by atoms with van der Waals surface area (Å²) < 4.78 is 27.3. The fourth-order valence-electron chi connectivity index (χ4n) is 1.51. The summed E-state index contributed by atoms with van der Waals surface area (Å²) in [4.78, 5) is 0. The van der Waals surface area contributed by atoms with Crippen LogP contribution in [0.1, 0.15) is 25.3 Å². The summed E-state index contributed by atoms with van der Waals surface area (Å²) in [5.41, 5.74) is 0.0372. The van der Waals surface area contributed by atoms with Crippen molar-refractivity contribution < 1.29 is 13.9 Å². The fourth-order valence-corrected chi connectivity index (χ4v) is 1.88. The van der Waals surface area contributed by atoms with Gasteiger partial charge in [-0.3, -0.25) is 0 Å². The first kappa shape index (κ1) is 14.5. The Bertz CT molecular complexity index is 374. The summed E-state index contributed by atoms with van der Waals surface area (Å²) in [5.74, 6) is -1.11. The van der Waals surface area contributed by atoms with Gasteiger partial charge in [-0.1, -0.05) is 0 Å². The Morgan fingerprint density at radius 2 is 2.12 bits per heavy atom. The Balaban J connectivity index is 2.60. The first-order chi connectivity index (χ1) is 8.06. The summed E-state index contributed by atoms with van der Waals surface area (Å²) in [6.45, 7) is 2.19. The van der Waals surface area contributed by atoms with Crippen molar-refractivity contribution in [2.24, 2.45) is 0 Å². The van der Waals surface area contributed by atoms with Crippen molar-refractivity contribution in [3.8, 4) is 0 Å². The maximum Gasteiger partial charge on any atom is 0.144 e. The van der Waals surface area contributed by atoms with Crippen molar-refractivity contribution in [3.05, 3.63) is 33.8 Å². The van der Waals surface area contributed by atoms with Gasteiger partial charge in [-0.15, -0.1) is 0 Å². The molecule has 0 aliphatic rings. The molecule has 2 N–H and O–H groups in total. The molecule has 0 aliphatic heterocycles. The van der Waals surface area contributed by atoms with Crippen molar-refractivity contribution >= 4 is 15.9 Å². The fraction of sp³-hybridized carbons (Fsp3) is 0.500. The van der Waals surface area contributed by atoms with Crippen LogP contribution in [0, 0.1) is 11.6 Å². The standard InChI is InChI=1S/C12H16BrF2NO/c1-8(3-2-6-17)16-7-9-11(14)5-4-10(13)12(9)15/h4-5,8,16-17H,2-3,6-7H2,1H3. The summed E-state index contributed by atoms with van der Waals surface area (Å²) >= 11 is 3.03. The van der Waals surface area contributed by atoms with Crippen LogP contribution in [0.3, 0.4) is 0 Å². The normalized spacial score (nSPS) is 12.8. The van der Waals surface area contributed by atoms with Gasteiger partial charge >= 0.3 is 0 Å². The number of hydrogen-bond acceptors (Lipinski definition) is 2. The Morgan fingerprint density at radius 1 is 1.41 bits per heavy atom. The quantitative estimate of drug-likeness (QED) is 0.792. The third kappa shape index (κ3) is 4.33. The average Bonchev–Trinajstić information content (AvgIpc) is 2.31. The number of nitrogens with one attached hydrogen (secondary N) is 1. The summed E-state index contributed by atoms with van der Waals surface area (Å²) in [6.07, 6.45) is 1.45. The van der Waals surface area contributed by atoms with E-state index >= 15 is 0 Å². The molecule has 96 valence electrons. The topological polar surface area (TPSA) is 32.3 Å². The van der Waals surface area contributed by atoms with Crippen LogP contribution in [0.15, 0.2) is 16.6 Å². The molecule has 17 heavy (non-hydrogen) atoms. The van der Waals surface area contributed by atoms with Crippen LogP contribution >= 0.6 is 15.9 Å². The van der Waals surface area contributed by atoms with E-state index < -0.39 is 11.6 Å². The lowest BCUT2D eigenvalue weighted by Crippen LogP contribution is -2.26. The zero-order valence-electron chi connectivity index (χ0n) is 9.64. The molecule has 0 amide bonds. The van der Waals surface area contributed by atoms with E-state index in [2.05, 4.69) is 21.2 Å². The third-order valence-electron chi connectivity index (χ3n) is 2.56. The predicted molar refractivity (Wildman–Crippen MR) is 66.7 cm³/mol. The molecule has 1 atom stereocenters. The van der Waals surface area contributed by atoms with Gasteiger partial charge in [-0.05, 0) is 47.8 Å². The van der Waals surface area contributed by atoms with Crippen LogP contribution in [0.5, 0.6) is 0 Å². The van der Waals surface area contributed by atoms with Crippen molar-refractivity contribution in [1.82, 2.24) is 5.32 Å². The lowest BCUT2D eigenvalue weighted by Gasteiger charge is -2.14. The highest BCUT2D eigenvalue weighted by atomic mass is 79.9. The van der Waals surface area contributed by atoms with Crippen molar-refractivity contribution in [3.63, 3.8) is 0 Å². The second kappa shape index (κ2) is 7.03. The predicted octanol–water partition coefficient (Wildman–Crippen LogP) is 2.98. The zero-order chi connectivity index (χ0) is 12.8. The number of aliphatic hydroxyl groups is 1. The molecule has 1 aromatic carbocycles. The van der Waals surface area contributed by atoms with E-state index in [4.69, 9.17) is 5.11 Å². The summed E-state index contributed by atoms with van der Waals surface area (Å²) in [6, 6.07) is 2.70. The second-order valence-electron chi connectivity index (χ2n) is 3.97. The number of halogens is 3. The molecule has 0 spiro atoms. The minimum absolute atomic E-state index is 0.0372. The van der Waals surface area contributed by atoms with Crippen LogP contribution in [-0.2, 0) is 6.54 Å². The van der Waals surface area contributed by atoms with Gasteiger partial charge in [-0.25, -0.2) is 8.78 Å². The maximum atomic E-state index is 13.6. The van der Waals surface area contributed by atoms with E-state index in [1.165, 1.54) is 12.1 Å². The molecule has 0 heterocycles. The van der Waals surface area contributed by atoms with Crippen molar-refractivity contribution in [1.29, 1.82) is 0 Å². The van der Waals surface area contributed by atoms with E-state index in [1.54, 1.807) is 0 Å². The zero-order valence-corrected chi connectivity index (χ0v) is 11.2. The molecule has 0 aliphatic carbocycles. The average molecular weight is 308 g/mol. The molecule has 0 aromatic heterocycles. The first-order valence-corrected chi connectivity index (χ1v) is 6.32. The number of aliphatic hydroxyl groups excluding tert-OH is 1. The second-order valence-corrected chi connectivity index (χ2v) is 4.82. The van der Waals surface area contributed by atoms with E-state index in [0.717, 1.165) is 6.42 Å². The smallest absolute Gasteiger partial charge is 0.144 e. The van der Waals surface area contributed by atoms with Gasteiger partial charge in [0, 0.05) is 24.8 Å². The van der Waals surface area contributed by atoms with Gasteiger partial charge in [0.05, 0.1) is 4.47 Å². The van der Waals surface area contributed by atoms with Crippen molar-refractivity contribution in [2.45, 2.75) is 32.4 Å². The Labute approximate surface area is 108 Å². The minimum Gasteiger partial charge on any atom is -0.396 e. The molecule has 0 bridgehead atoms. The van der Waals surface area contributed by atoms with Gasteiger partial charge in [0.15, 0.2) is 0 Å². The molecule has 1 rings (SSSR count). The maximum absolute atomic E-state index is 13.6. The van der Waals surface area contributed by atoms with E-state index in [1.807, 2.05) is 6.92 Å². The van der Waals surface area contributed by atoms with Crippen molar-refractivity contribution in [2.75, 3.05) is 6.61 Å². The SMILES string of the molecule is CC(CCCO)NCc1c(F)ccc(Br)c1F. The van der Waals surface area contributed by atoms with Crippen LogP contribution < -0.4 is 5.32 Å². The molecular formula is C12H16BrF2NO. The van der Waals surface area contributed by atoms with E-state index in [9.17, 15) is 8.78 Å². The highest BCUT2D eigenvalue weighted by molar-refractivity contribution is 9.10.